The predicted octanol–water partition coefficient (Wildman–Crippen LogP) is 16.4. The van der Waals surface area contributed by atoms with Crippen LogP contribution in [0.3, 0.4) is 0 Å². The van der Waals surface area contributed by atoms with Crippen molar-refractivity contribution in [2.75, 3.05) is 40.4 Å². The van der Waals surface area contributed by atoms with E-state index in [1.807, 2.05) is 13.8 Å². The third kappa shape index (κ3) is 22.4. The minimum absolute atomic E-state index is 0.00329. The predicted molar refractivity (Wildman–Crippen MR) is 251 cm³/mol. The molecule has 0 rings (SSSR count). The Labute approximate surface area is 424 Å². The fraction of sp³-hybridized carbons (Fsp3) is 0.941. The van der Waals surface area contributed by atoms with Crippen molar-refractivity contribution in [1.82, 2.24) is 9.80 Å². The first-order valence-electron chi connectivity index (χ1n) is 26.5. The number of amides is 1. The van der Waals surface area contributed by atoms with Crippen LogP contribution >= 0.6 is 0 Å². The molecule has 0 N–H and O–H groups in total. The number of hydrogen-bond donors (Lipinski definition) is 0. The zero-order valence-electron chi connectivity index (χ0n) is 44.0. The molecule has 0 aromatic heterocycles. The summed E-state index contributed by atoms with van der Waals surface area (Å²) in [6.45, 7) is 7.88. The lowest BCUT2D eigenvalue weighted by Gasteiger charge is -2.42. The van der Waals surface area contributed by atoms with E-state index >= 15 is 17.6 Å². The minimum Gasteiger partial charge on any atom is -0.465 e. The van der Waals surface area contributed by atoms with Crippen LogP contribution in [0.15, 0.2) is 0 Å². The van der Waals surface area contributed by atoms with E-state index in [0.717, 1.165) is 103 Å². The monoisotopic (exact) mass is 1090 g/mol. The van der Waals surface area contributed by atoms with Crippen molar-refractivity contribution in [3.8, 4) is 0 Å². The molecule has 0 spiro atoms. The van der Waals surface area contributed by atoms with Crippen molar-refractivity contribution in [3.05, 3.63) is 0 Å². The van der Waals surface area contributed by atoms with Gasteiger partial charge in [-0.3, -0.25) is 14.4 Å². The summed E-state index contributed by atoms with van der Waals surface area (Å²) in [5.74, 6) is -52.7. The topological polar surface area (TPSA) is 76.2 Å². The zero-order valence-corrected chi connectivity index (χ0v) is 44.0. The molecule has 22 heteroatoms. The SMILES string of the molecule is CCCCCCC(CCCC)COC(=O)CCCCCC(CCCCCC(=O)OCC(CCCC)CCCCCC)N(CCCCN(C)C)C(=O)C(F)(F)C(F)(F)C(F)(F)C(F)(F)C(F)(F)C(F)(F)C(F)(F)F. The first-order valence-corrected chi connectivity index (χ1v) is 26.5. The molecule has 0 aliphatic heterocycles. The van der Waals surface area contributed by atoms with Crippen LogP contribution in [0.4, 0.5) is 65.9 Å². The Morgan fingerprint density at radius 3 is 1.12 bits per heavy atom. The van der Waals surface area contributed by atoms with Crippen molar-refractivity contribution >= 4 is 17.8 Å². The Hall–Kier alpha value is -2.68. The molecule has 0 fully saturated rings. The lowest BCUT2D eigenvalue weighted by Crippen LogP contribution is -2.74. The quantitative estimate of drug-likeness (QED) is 0.0344. The molecule has 0 aromatic rings. The second kappa shape index (κ2) is 34.2. The number of ether oxygens (including phenoxy) is 2. The summed E-state index contributed by atoms with van der Waals surface area (Å²) in [7, 11) is 3.15. The van der Waals surface area contributed by atoms with Gasteiger partial charge in [-0.15, -0.1) is 0 Å². The van der Waals surface area contributed by atoms with Crippen LogP contribution in [0.5, 0.6) is 0 Å². The molecule has 0 saturated carbocycles. The molecular formula is C51H85F15N2O5. The smallest absolute Gasteiger partial charge is 0.460 e. The van der Waals surface area contributed by atoms with Gasteiger partial charge in [0.25, 0.3) is 5.91 Å². The Morgan fingerprint density at radius 1 is 0.397 bits per heavy atom. The van der Waals surface area contributed by atoms with Gasteiger partial charge in [0.2, 0.25) is 0 Å². The molecule has 73 heavy (non-hydrogen) atoms. The van der Waals surface area contributed by atoms with Crippen LogP contribution in [0.25, 0.3) is 0 Å². The minimum atomic E-state index is -8.53. The van der Waals surface area contributed by atoms with Gasteiger partial charge in [0.15, 0.2) is 0 Å². The summed E-state index contributed by atoms with van der Waals surface area (Å²) in [4.78, 5) is 40.6. The van der Waals surface area contributed by atoms with Gasteiger partial charge in [-0.05, 0) is 96.7 Å². The van der Waals surface area contributed by atoms with E-state index in [1.165, 1.54) is 0 Å². The summed E-state index contributed by atoms with van der Waals surface area (Å²) >= 11 is 0. The van der Waals surface area contributed by atoms with Gasteiger partial charge < -0.3 is 19.3 Å². The van der Waals surface area contributed by atoms with Crippen LogP contribution in [0.1, 0.15) is 207 Å². The highest BCUT2D eigenvalue weighted by atomic mass is 19.4. The Balaban J connectivity index is 6.62. The fourth-order valence-corrected chi connectivity index (χ4v) is 8.44. The number of unbranched alkanes of at least 4 members (excludes halogenated alkanes) is 13. The second-order valence-corrected chi connectivity index (χ2v) is 19.9. The Bertz CT molecular complexity index is 1470. The summed E-state index contributed by atoms with van der Waals surface area (Å²) in [6.07, 6.45) is 7.03. The van der Waals surface area contributed by atoms with E-state index in [4.69, 9.17) is 9.47 Å². The van der Waals surface area contributed by atoms with E-state index in [9.17, 15) is 62.7 Å². The van der Waals surface area contributed by atoms with Crippen LogP contribution in [-0.2, 0) is 23.9 Å². The average molecular weight is 1090 g/mol. The maximum Gasteiger partial charge on any atom is 0.460 e. The first-order chi connectivity index (χ1) is 33.9. The van der Waals surface area contributed by atoms with Gasteiger partial charge in [-0.1, -0.05) is 130 Å². The molecule has 0 aromatic carbocycles. The number of nitrogens with zero attached hydrogens (tertiary/aromatic N) is 2. The number of esters is 2. The average Bonchev–Trinajstić information content (AvgIpc) is 3.31. The fourth-order valence-electron chi connectivity index (χ4n) is 8.44. The highest BCUT2D eigenvalue weighted by Crippen LogP contribution is 2.62. The number of carbonyl (C=O) groups is 3. The van der Waals surface area contributed by atoms with Crippen LogP contribution < -0.4 is 0 Å². The molecular weight excluding hydrogens is 1010 g/mol. The maximum absolute atomic E-state index is 15.7. The highest BCUT2D eigenvalue weighted by Gasteiger charge is 2.94. The molecule has 0 heterocycles. The van der Waals surface area contributed by atoms with Crippen molar-refractivity contribution in [2.24, 2.45) is 11.8 Å². The summed E-state index contributed by atoms with van der Waals surface area (Å²) in [5, 5.41) is 0. The van der Waals surface area contributed by atoms with Gasteiger partial charge >= 0.3 is 53.7 Å². The van der Waals surface area contributed by atoms with Gasteiger partial charge in [0.1, 0.15) is 0 Å². The zero-order chi connectivity index (χ0) is 56.2. The number of rotatable bonds is 44. The largest absolute Gasteiger partial charge is 0.465 e. The van der Waals surface area contributed by atoms with Crippen LogP contribution in [0.2, 0.25) is 0 Å². The normalized spacial score (nSPS) is 14.6. The van der Waals surface area contributed by atoms with Crippen molar-refractivity contribution in [3.63, 3.8) is 0 Å². The highest BCUT2D eigenvalue weighted by molar-refractivity contribution is 5.85. The number of alkyl halides is 15. The molecule has 0 radical (unpaired) electrons. The van der Waals surface area contributed by atoms with Gasteiger partial charge in [0, 0.05) is 25.4 Å². The van der Waals surface area contributed by atoms with Gasteiger partial charge in [0.05, 0.1) is 13.2 Å². The summed E-state index contributed by atoms with van der Waals surface area (Å²) < 4.78 is 225. The van der Waals surface area contributed by atoms with E-state index in [2.05, 4.69) is 13.8 Å². The third-order valence-corrected chi connectivity index (χ3v) is 13.2. The second-order valence-electron chi connectivity index (χ2n) is 19.9. The Morgan fingerprint density at radius 2 is 0.740 bits per heavy atom. The molecule has 1 amide bonds. The standard InChI is InChI=1S/C51H85F15N2O5/c1-7-11-15-19-29-39(27-13-9-3)37-72-42(69)33-23-17-21-31-41(32-22-18-24-34-43(70)73-38-40(28-14-10-4)30-20-16-12-8-2)68(36-26-25-35-67(5)6)44(71)45(52,53)46(54,55)47(56,57)48(58,59)49(60,61)50(62,63)51(64,65)66/h39-41H,7-38H2,1-6H3. The van der Waals surface area contributed by atoms with Crippen molar-refractivity contribution in [1.29, 1.82) is 0 Å². The Kier molecular flexibility index (Phi) is 32.9. The number of halogens is 15. The maximum atomic E-state index is 15.7. The van der Waals surface area contributed by atoms with Crippen molar-refractivity contribution in [2.45, 2.75) is 255 Å². The van der Waals surface area contributed by atoms with Crippen molar-refractivity contribution < 1.29 is 89.7 Å². The van der Waals surface area contributed by atoms with E-state index < -0.39 is 72.1 Å². The van der Waals surface area contributed by atoms with E-state index in [1.54, 1.807) is 19.0 Å². The molecule has 0 bridgehead atoms. The third-order valence-electron chi connectivity index (χ3n) is 13.2. The molecule has 0 aliphatic rings. The van der Waals surface area contributed by atoms with Crippen LogP contribution in [0, 0.1) is 11.8 Å². The first kappa shape index (κ1) is 70.3. The summed E-state index contributed by atoms with van der Waals surface area (Å²) in [5.41, 5.74) is 0. The van der Waals surface area contributed by atoms with Crippen LogP contribution in [-0.4, -0.2) is 116 Å². The lowest BCUT2D eigenvalue weighted by atomic mass is 9.90. The van der Waals surface area contributed by atoms with Gasteiger partial charge in [-0.2, -0.15) is 65.9 Å². The molecule has 7 nitrogen and oxygen atoms in total. The molecule has 434 valence electrons. The molecule has 2 unspecified atom stereocenters. The number of hydrogen-bond acceptors (Lipinski definition) is 6. The summed E-state index contributed by atoms with van der Waals surface area (Å²) in [6, 6.07) is -1.59. The van der Waals surface area contributed by atoms with E-state index in [-0.39, 0.29) is 114 Å². The molecule has 0 saturated heterocycles. The lowest BCUT2D eigenvalue weighted by molar-refractivity contribution is -0.450. The van der Waals surface area contributed by atoms with E-state index in [0.29, 0.717) is 0 Å². The van der Waals surface area contributed by atoms with Gasteiger partial charge in [-0.25, -0.2) is 0 Å². The molecule has 0 aliphatic carbocycles. The molecule has 2 atom stereocenters. The number of carbonyl (C=O) groups excluding carboxylic acids is 3.